The Morgan fingerprint density at radius 2 is 1.65 bits per heavy atom. The fraction of sp³-hybridized carbons (Fsp3) is 0.200. The first-order chi connectivity index (χ1) is 12.2. The van der Waals surface area contributed by atoms with Crippen LogP contribution >= 0.6 is 0 Å². The van der Waals surface area contributed by atoms with Crippen molar-refractivity contribution in [3.05, 3.63) is 28.7 Å². The van der Waals surface area contributed by atoms with Gasteiger partial charge in [-0.05, 0) is 18.2 Å². The Balaban J connectivity index is 2.54. The zero-order chi connectivity index (χ0) is 19.4. The molecule has 0 atom stereocenters. The molecule has 0 spiro atoms. The number of nitrogens with zero attached hydrogens (tertiary/aromatic N) is 3. The molecule has 0 saturated carbocycles. The highest BCUT2D eigenvalue weighted by Crippen LogP contribution is 2.32. The minimum atomic E-state index is -0.792. The van der Waals surface area contributed by atoms with Gasteiger partial charge in [0.25, 0.3) is 5.95 Å². The molecule has 1 heterocycles. The van der Waals surface area contributed by atoms with Gasteiger partial charge in [0.15, 0.2) is 11.5 Å². The highest BCUT2D eigenvalue weighted by Gasteiger charge is 2.16. The number of carbonyl (C=O) groups is 3. The van der Waals surface area contributed by atoms with Gasteiger partial charge < -0.3 is 9.47 Å². The van der Waals surface area contributed by atoms with E-state index in [0.717, 1.165) is 0 Å². The van der Waals surface area contributed by atoms with E-state index >= 15 is 0 Å². The van der Waals surface area contributed by atoms with Gasteiger partial charge in [-0.15, -0.1) is 0 Å². The lowest BCUT2D eigenvalue weighted by atomic mass is 10.2. The number of nitrogens with one attached hydrogen (secondary N) is 1. The van der Waals surface area contributed by atoms with E-state index in [2.05, 4.69) is 15.0 Å². The number of rotatable bonds is 4. The number of H-pyrrole nitrogens is 1. The largest absolute Gasteiger partial charge is 0.423 e. The molecule has 0 bridgehead atoms. The highest BCUT2D eigenvalue weighted by atomic mass is 16.6. The fourth-order valence-corrected chi connectivity index (χ4v) is 1.89. The first-order valence-electron chi connectivity index (χ1n) is 7.22. The van der Waals surface area contributed by atoms with Crippen LogP contribution in [0.15, 0.2) is 23.0 Å². The number of hydrazine groups is 1. The maximum atomic E-state index is 11.7. The van der Waals surface area contributed by atoms with Gasteiger partial charge in [0, 0.05) is 26.3 Å². The molecule has 136 valence electrons. The maximum absolute atomic E-state index is 11.7. The Bertz CT molecular complexity index is 938. The van der Waals surface area contributed by atoms with Gasteiger partial charge >= 0.3 is 17.6 Å². The van der Waals surface area contributed by atoms with Crippen LogP contribution in [0.5, 0.6) is 11.5 Å². The van der Waals surface area contributed by atoms with E-state index < -0.39 is 23.5 Å². The molecular weight excluding hydrogens is 346 g/mol. The van der Waals surface area contributed by atoms with Crippen LogP contribution in [0.1, 0.15) is 20.8 Å². The lowest BCUT2D eigenvalue weighted by molar-refractivity contribution is -0.134. The van der Waals surface area contributed by atoms with Crippen molar-refractivity contribution in [1.29, 1.82) is 0 Å². The van der Waals surface area contributed by atoms with Gasteiger partial charge in [0.05, 0.1) is 0 Å². The summed E-state index contributed by atoms with van der Waals surface area (Å²) in [5.41, 5.74) is -0.491. The second-order valence-corrected chi connectivity index (χ2v) is 5.04. The first kappa shape index (κ1) is 18.7. The van der Waals surface area contributed by atoms with Gasteiger partial charge in [-0.3, -0.25) is 19.4 Å². The number of ether oxygens (including phenoxy) is 2. The van der Waals surface area contributed by atoms with E-state index in [9.17, 15) is 19.2 Å². The Kier molecular flexibility index (Phi) is 5.42. The molecule has 0 saturated heterocycles. The average molecular weight is 361 g/mol. The molecule has 1 amide bonds. The quantitative estimate of drug-likeness (QED) is 0.249. The predicted octanol–water partition coefficient (Wildman–Crippen LogP) is -0.0909. The molecule has 0 fully saturated rings. The number of aromatic nitrogens is 3. The number of hydrogen-bond acceptors (Lipinski definition) is 9. The van der Waals surface area contributed by atoms with Crippen molar-refractivity contribution in [2.75, 3.05) is 5.01 Å². The molecule has 0 aliphatic rings. The fourth-order valence-electron chi connectivity index (χ4n) is 1.89. The molecule has 11 nitrogen and oxygen atoms in total. The predicted molar refractivity (Wildman–Crippen MR) is 88.1 cm³/mol. The summed E-state index contributed by atoms with van der Waals surface area (Å²) in [4.78, 5) is 55.4. The number of amides is 1. The van der Waals surface area contributed by atoms with Gasteiger partial charge in [0.1, 0.15) is 5.82 Å². The lowest BCUT2D eigenvalue weighted by Crippen LogP contribution is -2.38. The topological polar surface area (TPSA) is 158 Å². The minimum Gasteiger partial charge on any atom is -0.423 e. The normalized spacial score (nSPS) is 10.2. The molecule has 1 aromatic carbocycles. The van der Waals surface area contributed by atoms with Crippen LogP contribution in [0, 0.1) is 0 Å². The molecule has 2 aromatic rings. The molecule has 11 heteroatoms. The van der Waals surface area contributed by atoms with Crippen LogP contribution in [0.4, 0.5) is 5.95 Å². The molecule has 2 rings (SSSR count). The Hall–Kier alpha value is -3.60. The van der Waals surface area contributed by atoms with E-state index in [4.69, 9.17) is 15.3 Å². The smallest absolute Gasteiger partial charge is 0.349 e. The highest BCUT2D eigenvalue weighted by molar-refractivity contribution is 5.88. The Labute approximate surface area is 146 Å². The third-order valence-corrected chi connectivity index (χ3v) is 2.92. The van der Waals surface area contributed by atoms with Crippen LogP contribution in [-0.2, 0) is 14.4 Å². The summed E-state index contributed by atoms with van der Waals surface area (Å²) in [7, 11) is 0. The second kappa shape index (κ2) is 7.53. The van der Waals surface area contributed by atoms with E-state index in [1.165, 1.54) is 39.0 Å². The van der Waals surface area contributed by atoms with Gasteiger partial charge in [-0.1, -0.05) is 0 Å². The van der Waals surface area contributed by atoms with E-state index in [1.54, 1.807) is 0 Å². The van der Waals surface area contributed by atoms with Crippen LogP contribution in [0.2, 0.25) is 0 Å². The third kappa shape index (κ3) is 4.48. The SMILES string of the molecule is CC(=O)Oc1ccc(-c2nc(N(N)C(C)=O)nc(=O)[nH]2)cc1OC(C)=O. The number of nitrogens with two attached hydrogens (primary N) is 1. The summed E-state index contributed by atoms with van der Waals surface area (Å²) in [5, 5.41) is 0.610. The Morgan fingerprint density at radius 1 is 1.04 bits per heavy atom. The summed E-state index contributed by atoms with van der Waals surface area (Å²) in [5.74, 6) is 3.34. The number of aromatic amines is 1. The number of hydrogen-bond donors (Lipinski definition) is 2. The van der Waals surface area contributed by atoms with Crippen molar-refractivity contribution in [2.45, 2.75) is 20.8 Å². The summed E-state index contributed by atoms with van der Waals surface area (Å²) in [6.45, 7) is 3.54. The summed E-state index contributed by atoms with van der Waals surface area (Å²) in [6.07, 6.45) is 0. The van der Waals surface area contributed by atoms with Gasteiger partial charge in [-0.25, -0.2) is 15.6 Å². The van der Waals surface area contributed by atoms with Crippen molar-refractivity contribution in [3.8, 4) is 22.9 Å². The van der Waals surface area contributed by atoms with Crippen LogP contribution < -0.4 is 26.0 Å². The monoisotopic (exact) mass is 361 g/mol. The number of carbonyl (C=O) groups excluding carboxylic acids is 3. The summed E-state index contributed by atoms with van der Waals surface area (Å²) < 4.78 is 9.97. The molecular formula is C15H15N5O6. The van der Waals surface area contributed by atoms with Crippen LogP contribution in [0.3, 0.4) is 0 Å². The second-order valence-electron chi connectivity index (χ2n) is 5.04. The average Bonchev–Trinajstić information content (AvgIpc) is 2.54. The third-order valence-electron chi connectivity index (χ3n) is 2.92. The van der Waals surface area contributed by atoms with Crippen LogP contribution in [-0.4, -0.2) is 32.8 Å². The van der Waals surface area contributed by atoms with Crippen molar-refractivity contribution >= 4 is 23.8 Å². The number of anilines is 1. The molecule has 0 radical (unpaired) electrons. The van der Waals surface area contributed by atoms with Crippen molar-refractivity contribution in [2.24, 2.45) is 5.84 Å². The summed E-state index contributed by atoms with van der Waals surface area (Å²) in [6, 6.07) is 4.15. The van der Waals surface area contributed by atoms with Crippen molar-refractivity contribution < 1.29 is 23.9 Å². The van der Waals surface area contributed by atoms with E-state index in [1.807, 2.05) is 0 Å². The summed E-state index contributed by atoms with van der Waals surface area (Å²) >= 11 is 0. The molecule has 1 aromatic heterocycles. The molecule has 3 N–H and O–H groups in total. The lowest BCUT2D eigenvalue weighted by Gasteiger charge is -2.13. The van der Waals surface area contributed by atoms with Gasteiger partial charge in [-0.2, -0.15) is 9.97 Å². The maximum Gasteiger partial charge on any atom is 0.349 e. The standard InChI is InChI=1S/C15H15N5O6/c1-7(21)20(16)14-17-13(18-15(24)19-14)10-4-5-11(25-8(2)22)12(6-10)26-9(3)23/h4-6H,16H2,1-3H3,(H,17,18,19,24). The first-order valence-corrected chi connectivity index (χ1v) is 7.22. The van der Waals surface area contributed by atoms with Crippen molar-refractivity contribution in [3.63, 3.8) is 0 Å². The molecule has 0 aliphatic carbocycles. The molecule has 0 aliphatic heterocycles. The van der Waals surface area contributed by atoms with E-state index in [0.29, 0.717) is 10.6 Å². The number of esters is 2. The van der Waals surface area contributed by atoms with Crippen LogP contribution in [0.25, 0.3) is 11.4 Å². The van der Waals surface area contributed by atoms with Crippen molar-refractivity contribution in [1.82, 2.24) is 15.0 Å². The van der Waals surface area contributed by atoms with E-state index in [-0.39, 0.29) is 23.3 Å². The van der Waals surface area contributed by atoms with Gasteiger partial charge in [0.2, 0.25) is 5.91 Å². The zero-order valence-corrected chi connectivity index (χ0v) is 14.1. The number of benzene rings is 1. The minimum absolute atomic E-state index is 0.0114. The molecule has 26 heavy (non-hydrogen) atoms. The molecule has 0 unspecified atom stereocenters. The Morgan fingerprint density at radius 3 is 2.23 bits per heavy atom. The zero-order valence-electron chi connectivity index (χ0n) is 14.1.